The van der Waals surface area contributed by atoms with Crippen LogP contribution in [0.1, 0.15) is 20.7 Å². The first-order valence-electron chi connectivity index (χ1n) is 6.43. The average molecular weight is 296 g/mol. The maximum absolute atomic E-state index is 12.3. The van der Waals surface area contributed by atoms with Crippen molar-refractivity contribution in [2.24, 2.45) is 0 Å². The second kappa shape index (κ2) is 5.21. The molecule has 0 atom stereocenters. The monoisotopic (exact) mass is 296 g/mol. The van der Waals surface area contributed by atoms with Gasteiger partial charge in [0.15, 0.2) is 5.95 Å². The number of anilines is 2. The van der Waals surface area contributed by atoms with Crippen molar-refractivity contribution in [3.05, 3.63) is 53.6 Å². The average Bonchev–Trinajstić information content (AvgIpc) is 2.86. The topological polar surface area (TPSA) is 121 Å². The number of benzene rings is 2. The van der Waals surface area contributed by atoms with Gasteiger partial charge in [-0.25, -0.2) is 9.78 Å². The van der Waals surface area contributed by atoms with Gasteiger partial charge >= 0.3 is 5.97 Å². The van der Waals surface area contributed by atoms with Crippen LogP contribution in [-0.2, 0) is 0 Å². The Bertz CT molecular complexity index is 885. The quantitative estimate of drug-likeness (QED) is 0.589. The molecule has 0 fully saturated rings. The lowest BCUT2D eigenvalue weighted by Gasteiger charge is -2.07. The van der Waals surface area contributed by atoms with Gasteiger partial charge in [-0.05, 0) is 30.3 Å². The number of aromatic carboxylic acids is 1. The second-order valence-electron chi connectivity index (χ2n) is 4.66. The Morgan fingerprint density at radius 1 is 1.14 bits per heavy atom. The zero-order valence-corrected chi connectivity index (χ0v) is 11.3. The Balaban J connectivity index is 1.91. The smallest absolute Gasteiger partial charge is 0.336 e. The minimum atomic E-state index is -1.15. The van der Waals surface area contributed by atoms with E-state index in [1.165, 1.54) is 12.1 Å². The molecule has 0 aliphatic carbocycles. The summed E-state index contributed by atoms with van der Waals surface area (Å²) in [6.07, 6.45) is 0. The molecule has 5 N–H and O–H groups in total. The normalized spacial score (nSPS) is 10.5. The SMILES string of the molecule is Nc1nc2ccc(NC(=O)c3ccccc3C(=O)O)cc2[nH]1. The van der Waals surface area contributed by atoms with E-state index in [-0.39, 0.29) is 17.1 Å². The zero-order chi connectivity index (χ0) is 15.7. The van der Waals surface area contributed by atoms with E-state index in [2.05, 4.69) is 15.3 Å². The number of imidazole rings is 1. The standard InChI is InChI=1S/C15H12N4O3/c16-15-18-11-6-5-8(7-12(11)19-15)17-13(20)9-3-1-2-4-10(9)14(21)22/h1-7H,(H,17,20)(H,21,22)(H3,16,18,19). The lowest BCUT2D eigenvalue weighted by Crippen LogP contribution is -2.16. The van der Waals surface area contributed by atoms with E-state index in [4.69, 9.17) is 10.8 Å². The van der Waals surface area contributed by atoms with Crippen molar-refractivity contribution in [2.45, 2.75) is 0 Å². The second-order valence-corrected chi connectivity index (χ2v) is 4.66. The van der Waals surface area contributed by atoms with Gasteiger partial charge in [0.05, 0.1) is 22.2 Å². The highest BCUT2D eigenvalue weighted by atomic mass is 16.4. The first-order chi connectivity index (χ1) is 10.5. The molecule has 110 valence electrons. The van der Waals surface area contributed by atoms with Gasteiger partial charge in [-0.3, -0.25) is 4.79 Å². The number of carboxylic acids is 1. The third kappa shape index (κ3) is 2.47. The molecule has 3 aromatic rings. The minimum Gasteiger partial charge on any atom is -0.478 e. The number of nitrogen functional groups attached to an aromatic ring is 1. The van der Waals surface area contributed by atoms with Crippen molar-refractivity contribution in [1.82, 2.24) is 9.97 Å². The number of aromatic amines is 1. The Labute approximate surface area is 124 Å². The van der Waals surface area contributed by atoms with E-state index in [9.17, 15) is 9.59 Å². The van der Waals surface area contributed by atoms with Gasteiger partial charge in [-0.1, -0.05) is 12.1 Å². The Hall–Kier alpha value is -3.35. The maximum atomic E-state index is 12.3. The first-order valence-corrected chi connectivity index (χ1v) is 6.43. The molecular weight excluding hydrogens is 284 g/mol. The van der Waals surface area contributed by atoms with Crippen molar-refractivity contribution < 1.29 is 14.7 Å². The van der Waals surface area contributed by atoms with Crippen LogP contribution in [0.15, 0.2) is 42.5 Å². The lowest BCUT2D eigenvalue weighted by molar-refractivity contribution is 0.0692. The van der Waals surface area contributed by atoms with Crippen LogP contribution < -0.4 is 11.1 Å². The molecule has 22 heavy (non-hydrogen) atoms. The van der Waals surface area contributed by atoms with Crippen LogP contribution in [-0.4, -0.2) is 27.0 Å². The molecule has 7 nitrogen and oxygen atoms in total. The Morgan fingerprint density at radius 3 is 2.59 bits per heavy atom. The number of H-pyrrole nitrogens is 1. The molecule has 0 bridgehead atoms. The number of aromatic nitrogens is 2. The van der Waals surface area contributed by atoms with E-state index >= 15 is 0 Å². The van der Waals surface area contributed by atoms with Crippen LogP contribution in [0.25, 0.3) is 11.0 Å². The summed E-state index contributed by atoms with van der Waals surface area (Å²) in [5.41, 5.74) is 7.49. The van der Waals surface area contributed by atoms with Gasteiger partial charge in [0, 0.05) is 5.69 Å². The lowest BCUT2D eigenvalue weighted by atomic mass is 10.1. The molecule has 1 aromatic heterocycles. The van der Waals surface area contributed by atoms with Gasteiger partial charge in [-0.2, -0.15) is 0 Å². The molecule has 0 unspecified atom stereocenters. The fourth-order valence-electron chi connectivity index (χ4n) is 2.17. The van der Waals surface area contributed by atoms with Gasteiger partial charge in [-0.15, -0.1) is 0 Å². The van der Waals surface area contributed by atoms with E-state index < -0.39 is 11.9 Å². The first kappa shape index (κ1) is 13.6. The number of carboxylic acid groups (broad SMARTS) is 1. The highest BCUT2D eigenvalue weighted by molar-refractivity contribution is 6.11. The fraction of sp³-hybridized carbons (Fsp3) is 0. The predicted octanol–water partition coefficient (Wildman–Crippen LogP) is 2.10. The summed E-state index contributed by atoms with van der Waals surface area (Å²) >= 11 is 0. The third-order valence-corrected chi connectivity index (χ3v) is 3.16. The number of hydrogen-bond acceptors (Lipinski definition) is 4. The van der Waals surface area contributed by atoms with Gasteiger partial charge in [0.1, 0.15) is 0 Å². The maximum Gasteiger partial charge on any atom is 0.336 e. The molecular formula is C15H12N4O3. The van der Waals surface area contributed by atoms with E-state index in [1.54, 1.807) is 30.3 Å². The predicted molar refractivity (Wildman–Crippen MR) is 81.9 cm³/mol. The van der Waals surface area contributed by atoms with Crippen molar-refractivity contribution in [3.63, 3.8) is 0 Å². The number of fused-ring (bicyclic) bond motifs is 1. The molecule has 3 rings (SSSR count). The summed E-state index contributed by atoms with van der Waals surface area (Å²) in [6.45, 7) is 0. The molecule has 7 heteroatoms. The summed E-state index contributed by atoms with van der Waals surface area (Å²) in [6, 6.07) is 11.1. The van der Waals surface area contributed by atoms with E-state index in [0.29, 0.717) is 16.7 Å². The largest absolute Gasteiger partial charge is 0.478 e. The Kier molecular flexibility index (Phi) is 3.23. The van der Waals surface area contributed by atoms with Crippen LogP contribution in [0.5, 0.6) is 0 Å². The summed E-state index contributed by atoms with van der Waals surface area (Å²) in [7, 11) is 0. The number of carbonyl (C=O) groups is 2. The van der Waals surface area contributed by atoms with E-state index in [1.807, 2.05) is 0 Å². The molecule has 0 saturated heterocycles. The molecule has 1 amide bonds. The highest BCUT2D eigenvalue weighted by Crippen LogP contribution is 2.19. The number of rotatable bonds is 3. The summed E-state index contributed by atoms with van der Waals surface area (Å²) < 4.78 is 0. The number of hydrogen-bond donors (Lipinski definition) is 4. The van der Waals surface area contributed by atoms with E-state index in [0.717, 1.165) is 0 Å². The van der Waals surface area contributed by atoms with Crippen LogP contribution in [0.4, 0.5) is 11.6 Å². The summed E-state index contributed by atoms with van der Waals surface area (Å²) in [5.74, 6) is -1.36. The number of amides is 1. The molecule has 0 spiro atoms. The van der Waals surface area contributed by atoms with Crippen molar-refractivity contribution in [1.29, 1.82) is 0 Å². The number of nitrogens with zero attached hydrogens (tertiary/aromatic N) is 1. The highest BCUT2D eigenvalue weighted by Gasteiger charge is 2.16. The molecule has 0 radical (unpaired) electrons. The van der Waals surface area contributed by atoms with Gasteiger partial charge < -0.3 is 21.1 Å². The number of nitrogens with two attached hydrogens (primary N) is 1. The zero-order valence-electron chi connectivity index (χ0n) is 11.3. The van der Waals surface area contributed by atoms with Gasteiger partial charge in [0.2, 0.25) is 0 Å². The van der Waals surface area contributed by atoms with Gasteiger partial charge in [0.25, 0.3) is 5.91 Å². The molecule has 0 aliphatic heterocycles. The van der Waals surface area contributed by atoms with Crippen LogP contribution >= 0.6 is 0 Å². The molecule has 2 aromatic carbocycles. The number of carbonyl (C=O) groups excluding carboxylic acids is 1. The number of nitrogens with one attached hydrogen (secondary N) is 2. The fourth-order valence-corrected chi connectivity index (χ4v) is 2.17. The van der Waals surface area contributed by atoms with Crippen LogP contribution in [0, 0.1) is 0 Å². The minimum absolute atomic E-state index is 0.0492. The van der Waals surface area contributed by atoms with Crippen molar-refractivity contribution >= 4 is 34.5 Å². The van der Waals surface area contributed by atoms with Crippen molar-refractivity contribution in [2.75, 3.05) is 11.1 Å². The Morgan fingerprint density at radius 2 is 1.86 bits per heavy atom. The van der Waals surface area contributed by atoms with Crippen LogP contribution in [0.3, 0.4) is 0 Å². The summed E-state index contributed by atoms with van der Waals surface area (Å²) in [5, 5.41) is 11.8. The molecule has 0 aliphatic rings. The van der Waals surface area contributed by atoms with Crippen molar-refractivity contribution in [3.8, 4) is 0 Å². The van der Waals surface area contributed by atoms with Crippen LogP contribution in [0.2, 0.25) is 0 Å². The molecule has 1 heterocycles. The molecule has 0 saturated carbocycles. The summed E-state index contributed by atoms with van der Waals surface area (Å²) in [4.78, 5) is 30.3. The third-order valence-electron chi connectivity index (χ3n) is 3.16.